The number of carboxylic acid groups (broad SMARTS) is 1. The molecule has 2 saturated heterocycles. The van der Waals surface area contributed by atoms with Gasteiger partial charge in [-0.25, -0.2) is 62.8 Å². The predicted molar refractivity (Wildman–Crippen MR) is 389 cm³/mol. The maximum atomic E-state index is 13.4. The number of nitrogens with zero attached hydrogens (tertiary/aromatic N) is 11. The van der Waals surface area contributed by atoms with Crippen LogP contribution in [0.25, 0.3) is 67.3 Å². The largest absolute Gasteiger partial charge is 0.475 e. The minimum absolute atomic E-state index is 0. The van der Waals surface area contributed by atoms with E-state index in [0.29, 0.717) is 154 Å². The van der Waals surface area contributed by atoms with Gasteiger partial charge in [0.05, 0.1) is 49.9 Å². The van der Waals surface area contributed by atoms with Crippen molar-refractivity contribution >= 4 is 115 Å². The van der Waals surface area contributed by atoms with Crippen LogP contribution in [-0.4, -0.2) is 162 Å². The van der Waals surface area contributed by atoms with E-state index in [9.17, 15) is 41.9 Å². The summed E-state index contributed by atoms with van der Waals surface area (Å²) >= 11 is 0. The molecule has 0 bridgehead atoms. The topological polar surface area (TPSA) is 353 Å². The number of carboxylic acids is 1. The lowest BCUT2D eigenvalue weighted by Gasteiger charge is -2.26. The molecule has 0 radical (unpaired) electrons. The van der Waals surface area contributed by atoms with Gasteiger partial charge < -0.3 is 56.4 Å². The number of hydrogen-bond acceptors (Lipinski definition) is 20. The van der Waals surface area contributed by atoms with E-state index in [1.54, 1.807) is 95.4 Å². The van der Waals surface area contributed by atoms with E-state index < -0.39 is 35.1 Å². The molecule has 0 spiro atoms. The monoisotopic (exact) mass is 1430 g/mol. The molecule has 104 heavy (non-hydrogen) atoms. The fourth-order valence-corrected chi connectivity index (χ4v) is 11.7. The van der Waals surface area contributed by atoms with Gasteiger partial charge in [-0.05, 0) is 109 Å². The maximum Gasteiger partial charge on any atom is 0.377 e. The van der Waals surface area contributed by atoms with Crippen molar-refractivity contribution in [3.8, 4) is 34.2 Å². The number of halogens is 4. The normalized spacial score (nSPS) is 12.9. The van der Waals surface area contributed by atoms with E-state index in [0.717, 1.165) is 16.7 Å². The number of anilines is 6. The summed E-state index contributed by atoms with van der Waals surface area (Å²) in [7, 11) is 0. The number of aromatic nitrogens is 12. The summed E-state index contributed by atoms with van der Waals surface area (Å²) < 4.78 is 40.1. The number of fused-ring (bicyclic) bond motifs is 3. The van der Waals surface area contributed by atoms with Crippen molar-refractivity contribution in [2.45, 2.75) is 59.3 Å². The third-order valence-electron chi connectivity index (χ3n) is 17.2. The Morgan fingerprint density at radius 3 is 0.962 bits per heavy atom. The van der Waals surface area contributed by atoms with Crippen LogP contribution in [0, 0.1) is 17.5 Å². The number of pyridine rings is 3. The van der Waals surface area contributed by atoms with Crippen LogP contribution < -0.4 is 26.6 Å². The van der Waals surface area contributed by atoms with Crippen molar-refractivity contribution in [3.05, 3.63) is 198 Å². The number of rotatable bonds is 18. The summed E-state index contributed by atoms with van der Waals surface area (Å²) in [5.41, 5.74) is 8.02. The Balaban J connectivity index is 0.000000156. The van der Waals surface area contributed by atoms with E-state index in [1.807, 2.05) is 41.5 Å². The molecule has 2 aliphatic heterocycles. The van der Waals surface area contributed by atoms with Crippen LogP contribution in [0.3, 0.4) is 0 Å². The fourth-order valence-electron chi connectivity index (χ4n) is 11.7. The Hall–Kier alpha value is -12.2. The van der Waals surface area contributed by atoms with E-state index in [2.05, 4.69) is 76.4 Å². The minimum Gasteiger partial charge on any atom is -0.475 e. The summed E-state index contributed by atoms with van der Waals surface area (Å²) in [6.45, 7) is 16.7. The summed E-state index contributed by atoms with van der Waals surface area (Å²) in [5, 5.41) is 26.8. The van der Waals surface area contributed by atoms with Crippen molar-refractivity contribution in [2.24, 2.45) is 0 Å². The molecule has 2 fully saturated rings. The zero-order valence-corrected chi connectivity index (χ0v) is 57.9. The zero-order valence-electron chi connectivity index (χ0n) is 57.1. The number of benzene rings is 3. The molecule has 0 atom stereocenters. The first-order valence-electron chi connectivity index (χ1n) is 33.1. The first-order chi connectivity index (χ1) is 49.7. The third kappa shape index (κ3) is 16.1. The van der Waals surface area contributed by atoms with E-state index in [-0.39, 0.29) is 64.3 Å². The Labute approximate surface area is 599 Å². The highest BCUT2D eigenvalue weighted by Crippen LogP contribution is 2.37. The second-order valence-corrected chi connectivity index (χ2v) is 25.1. The quantitative estimate of drug-likeness (QED) is 0.0285. The Kier molecular flexibility index (Phi) is 22.6. The van der Waals surface area contributed by atoms with Crippen LogP contribution in [0.4, 0.5) is 47.7 Å². The average molecular weight is 1430 g/mol. The molecule has 12 aromatic rings. The van der Waals surface area contributed by atoms with Gasteiger partial charge in [0, 0.05) is 142 Å². The molecule has 0 unspecified atom stereocenters. The van der Waals surface area contributed by atoms with Gasteiger partial charge in [-0.3, -0.25) is 24.0 Å². The number of carbonyl (C=O) groups excluding carboxylic acids is 5. The summed E-state index contributed by atoms with van der Waals surface area (Å²) in [6, 6.07) is 22.9. The molecule has 0 saturated carbocycles. The van der Waals surface area contributed by atoms with Gasteiger partial charge in [-0.15, -0.1) is 12.4 Å². The van der Waals surface area contributed by atoms with E-state index >= 15 is 0 Å². The maximum absolute atomic E-state index is 13.4. The van der Waals surface area contributed by atoms with Crippen LogP contribution in [0.5, 0.6) is 0 Å². The van der Waals surface area contributed by atoms with Gasteiger partial charge in [0.15, 0.2) is 17.5 Å². The van der Waals surface area contributed by atoms with Crippen molar-refractivity contribution in [3.63, 3.8) is 0 Å². The molecule has 2 aliphatic rings. The molecule has 3 aromatic carbocycles. The highest BCUT2D eigenvalue weighted by atomic mass is 35.5. The van der Waals surface area contributed by atoms with Crippen molar-refractivity contribution in [1.82, 2.24) is 80.2 Å². The average Bonchev–Trinajstić information content (AvgIpc) is 1.62. The van der Waals surface area contributed by atoms with Gasteiger partial charge in [0.2, 0.25) is 0 Å². The molecule has 532 valence electrons. The minimum atomic E-state index is -1.56. The highest BCUT2D eigenvalue weighted by molar-refractivity contribution is 6.46. The number of hydrogen-bond donors (Lipinski definition) is 9. The number of amides is 2. The Morgan fingerprint density at radius 1 is 0.413 bits per heavy atom. The smallest absolute Gasteiger partial charge is 0.377 e. The summed E-state index contributed by atoms with van der Waals surface area (Å²) in [5.74, 6) is -2.70. The number of H-pyrrole nitrogens is 3. The van der Waals surface area contributed by atoms with Gasteiger partial charge >= 0.3 is 5.97 Å². The fraction of sp³-hybridized carbons (Fsp3) is 0.230. The van der Waals surface area contributed by atoms with Gasteiger partial charge in [0.25, 0.3) is 29.2 Å². The van der Waals surface area contributed by atoms with Crippen LogP contribution >= 0.6 is 12.4 Å². The molecule has 2 amide bonds. The second-order valence-electron chi connectivity index (χ2n) is 25.1. The first kappa shape index (κ1) is 73.0. The number of piperazine rings is 2. The molecule has 0 aliphatic carbocycles. The standard InChI is InChI=1S/2C26H26FN7O2.C22H18FN5O3.ClH/c2*1-15(2)18-13-30-23(16-3-5-17(27)6-4-16)33-24(18)32-20-7-8-29-25-21(20)19(14-31-25)22(35)26(36)34-11-9-28-10-12-34;1-11(2)14-9-25-19(12-3-5-13(23)6-4-12)28-20(14)27-16-7-8-24-21-17(16)15(10-26-21)18(29)22(30)31;/h2*3-8,13-15,28H,9-12H2,1-2H3,(H2,29,30,31,32,33);3-11H,1-2H3,(H,30,31)(H2,24,25,26,27,28);1H. The number of aliphatic carboxylic acids is 1. The lowest BCUT2D eigenvalue weighted by molar-refractivity contribution is -0.132. The van der Waals surface area contributed by atoms with Crippen LogP contribution in [0.15, 0.2) is 147 Å². The van der Waals surface area contributed by atoms with Gasteiger partial charge in [-0.2, -0.15) is 0 Å². The predicted octanol–water partition coefficient (Wildman–Crippen LogP) is 12.0. The van der Waals surface area contributed by atoms with Crippen LogP contribution in [-0.2, 0) is 14.4 Å². The van der Waals surface area contributed by atoms with Gasteiger partial charge in [-0.1, -0.05) is 41.5 Å². The second kappa shape index (κ2) is 32.2. The number of nitrogens with one attached hydrogen (secondary N) is 8. The summed E-state index contributed by atoms with van der Waals surface area (Å²) in [4.78, 5) is 128. The van der Waals surface area contributed by atoms with Crippen LogP contribution in [0.2, 0.25) is 0 Å². The Bertz CT molecular complexity index is 4960. The van der Waals surface area contributed by atoms with Crippen molar-refractivity contribution < 1.29 is 47.0 Å². The summed E-state index contributed by atoms with van der Waals surface area (Å²) in [6.07, 6.45) is 14.3. The zero-order chi connectivity index (χ0) is 72.6. The molecule has 9 aromatic heterocycles. The van der Waals surface area contributed by atoms with E-state index in [4.69, 9.17) is 15.1 Å². The number of ketones is 3. The molecule has 11 heterocycles. The number of carbonyl (C=O) groups is 6. The van der Waals surface area contributed by atoms with Crippen molar-refractivity contribution in [2.75, 3.05) is 68.3 Å². The van der Waals surface area contributed by atoms with E-state index in [1.165, 1.54) is 61.2 Å². The lowest BCUT2D eigenvalue weighted by atomic mass is 10.0. The third-order valence-corrected chi connectivity index (χ3v) is 17.2. The number of aromatic amines is 3. The Morgan fingerprint density at radius 2 is 0.692 bits per heavy atom. The molecule has 14 rings (SSSR count). The lowest BCUT2D eigenvalue weighted by Crippen LogP contribution is -2.48. The molecular formula is C74H71ClF3N19O7. The van der Waals surface area contributed by atoms with Crippen LogP contribution in [0.1, 0.15) is 107 Å². The highest BCUT2D eigenvalue weighted by Gasteiger charge is 2.31. The molecule has 30 heteroatoms. The number of Topliss-reactive ketones (excluding diaryl/α,β-unsaturated/α-hetero) is 3. The molecule has 9 N–H and O–H groups in total. The van der Waals surface area contributed by atoms with Crippen molar-refractivity contribution in [1.29, 1.82) is 0 Å². The van der Waals surface area contributed by atoms with Gasteiger partial charge in [0.1, 0.15) is 51.8 Å². The SMILES string of the molecule is CC(C)c1cnc(-c2ccc(F)cc2)nc1Nc1ccnc2[nH]cc(C(=O)C(=O)N3CCNCC3)c12.CC(C)c1cnc(-c2ccc(F)cc2)nc1Nc1ccnc2[nH]cc(C(=O)C(=O)N3CCNCC3)c12.CC(C)c1cnc(-c2ccc(F)cc2)nc1Nc1ccnc2[nH]cc(C(=O)C(=O)O)c12.Cl. The first-order valence-corrected chi connectivity index (χ1v) is 33.1. The molecular weight excluding hydrogens is 1360 g/mol. The molecule has 26 nitrogen and oxygen atoms in total.